The standard InChI is InChI=1S/C14H17FN2O/c1-10-4-5-11(2)17(10)16-9-12-6-7-14(18-3)13(15)8-12/h4-8,16H,9H2,1-3H3. The van der Waals surface area contributed by atoms with Crippen LogP contribution in [-0.4, -0.2) is 11.8 Å². The van der Waals surface area contributed by atoms with Crippen LogP contribution in [0.15, 0.2) is 30.3 Å². The summed E-state index contributed by atoms with van der Waals surface area (Å²) in [4.78, 5) is 0. The Morgan fingerprint density at radius 1 is 1.17 bits per heavy atom. The first-order valence-electron chi connectivity index (χ1n) is 5.83. The Bertz CT molecular complexity index is 529. The lowest BCUT2D eigenvalue weighted by Gasteiger charge is -2.13. The zero-order chi connectivity index (χ0) is 13.1. The average molecular weight is 248 g/mol. The van der Waals surface area contributed by atoms with Gasteiger partial charge in [0, 0.05) is 11.4 Å². The lowest BCUT2D eigenvalue weighted by atomic mass is 10.2. The molecule has 0 amide bonds. The fourth-order valence-electron chi connectivity index (χ4n) is 1.91. The lowest BCUT2D eigenvalue weighted by molar-refractivity contribution is 0.386. The molecule has 0 aliphatic heterocycles. The molecule has 2 rings (SSSR count). The van der Waals surface area contributed by atoms with Gasteiger partial charge in [-0.1, -0.05) is 6.07 Å². The van der Waals surface area contributed by atoms with Crippen LogP contribution in [0.3, 0.4) is 0 Å². The molecule has 0 atom stereocenters. The van der Waals surface area contributed by atoms with E-state index in [0.717, 1.165) is 17.0 Å². The molecule has 1 heterocycles. The van der Waals surface area contributed by atoms with Gasteiger partial charge in [0.2, 0.25) is 0 Å². The van der Waals surface area contributed by atoms with Gasteiger partial charge in [-0.25, -0.2) is 4.39 Å². The van der Waals surface area contributed by atoms with E-state index in [2.05, 4.69) is 5.43 Å². The molecule has 0 unspecified atom stereocenters. The first-order valence-corrected chi connectivity index (χ1v) is 5.83. The first kappa shape index (κ1) is 12.5. The van der Waals surface area contributed by atoms with Crippen molar-refractivity contribution < 1.29 is 9.13 Å². The molecule has 3 nitrogen and oxygen atoms in total. The number of hydrogen-bond acceptors (Lipinski definition) is 2. The number of halogens is 1. The topological polar surface area (TPSA) is 26.2 Å². The summed E-state index contributed by atoms with van der Waals surface area (Å²) in [5, 5.41) is 0. The number of ether oxygens (including phenoxy) is 1. The molecular formula is C14H17FN2O. The Morgan fingerprint density at radius 2 is 1.83 bits per heavy atom. The summed E-state index contributed by atoms with van der Waals surface area (Å²) >= 11 is 0. The maximum atomic E-state index is 13.5. The maximum Gasteiger partial charge on any atom is 0.165 e. The van der Waals surface area contributed by atoms with Crippen LogP contribution in [0, 0.1) is 19.7 Å². The van der Waals surface area contributed by atoms with Gasteiger partial charge < -0.3 is 10.2 Å². The molecule has 0 saturated heterocycles. The molecule has 18 heavy (non-hydrogen) atoms. The van der Waals surface area contributed by atoms with E-state index >= 15 is 0 Å². The van der Waals surface area contributed by atoms with Gasteiger partial charge in [0.05, 0.1) is 13.7 Å². The van der Waals surface area contributed by atoms with Crippen molar-refractivity contribution in [3.8, 4) is 5.75 Å². The van der Waals surface area contributed by atoms with E-state index in [4.69, 9.17) is 4.74 Å². The summed E-state index contributed by atoms with van der Waals surface area (Å²) in [6.07, 6.45) is 0. The average Bonchev–Trinajstić information content (AvgIpc) is 2.67. The maximum absolute atomic E-state index is 13.5. The molecule has 96 valence electrons. The third-order valence-corrected chi connectivity index (χ3v) is 2.93. The number of hydrogen-bond donors (Lipinski definition) is 1. The van der Waals surface area contributed by atoms with Gasteiger partial charge in [-0.05, 0) is 43.7 Å². The van der Waals surface area contributed by atoms with Gasteiger partial charge in [0.1, 0.15) is 0 Å². The molecule has 4 heteroatoms. The highest BCUT2D eigenvalue weighted by Crippen LogP contribution is 2.17. The van der Waals surface area contributed by atoms with Crippen LogP contribution in [-0.2, 0) is 6.54 Å². The summed E-state index contributed by atoms with van der Waals surface area (Å²) in [5.74, 6) is -0.0650. The Balaban J connectivity index is 2.09. The van der Waals surface area contributed by atoms with Crippen molar-refractivity contribution in [2.24, 2.45) is 0 Å². The zero-order valence-electron chi connectivity index (χ0n) is 10.8. The molecular weight excluding hydrogens is 231 g/mol. The van der Waals surface area contributed by atoms with E-state index in [0.29, 0.717) is 6.54 Å². The number of aryl methyl sites for hydroxylation is 2. The van der Waals surface area contributed by atoms with Crippen molar-refractivity contribution in [1.29, 1.82) is 0 Å². The fraction of sp³-hybridized carbons (Fsp3) is 0.286. The molecule has 0 spiro atoms. The summed E-state index contributed by atoms with van der Waals surface area (Å²) in [6, 6.07) is 9.05. The van der Waals surface area contributed by atoms with E-state index < -0.39 is 0 Å². The van der Waals surface area contributed by atoms with Gasteiger partial charge in [-0.3, -0.25) is 4.68 Å². The predicted molar refractivity (Wildman–Crippen MR) is 69.9 cm³/mol. The monoisotopic (exact) mass is 248 g/mol. The third kappa shape index (κ3) is 2.47. The molecule has 0 aliphatic carbocycles. The molecule has 1 aromatic carbocycles. The van der Waals surface area contributed by atoms with Crippen molar-refractivity contribution in [3.05, 3.63) is 53.1 Å². The Labute approximate surface area is 106 Å². The van der Waals surface area contributed by atoms with E-state index in [9.17, 15) is 4.39 Å². The van der Waals surface area contributed by atoms with Crippen LogP contribution in [0.25, 0.3) is 0 Å². The Kier molecular flexibility index (Phi) is 3.55. The summed E-state index contributed by atoms with van der Waals surface area (Å²) < 4.78 is 20.4. The minimum Gasteiger partial charge on any atom is -0.494 e. The van der Waals surface area contributed by atoms with Crippen molar-refractivity contribution >= 4 is 0 Å². The number of nitrogens with zero attached hydrogens (tertiary/aromatic N) is 1. The second-order valence-corrected chi connectivity index (χ2v) is 4.26. The molecule has 0 radical (unpaired) electrons. The van der Waals surface area contributed by atoms with Crippen molar-refractivity contribution in [1.82, 2.24) is 4.68 Å². The van der Waals surface area contributed by atoms with Crippen LogP contribution in [0.1, 0.15) is 17.0 Å². The lowest BCUT2D eigenvalue weighted by Crippen LogP contribution is -2.16. The Hall–Kier alpha value is -1.97. The minimum atomic E-state index is -0.335. The smallest absolute Gasteiger partial charge is 0.165 e. The summed E-state index contributed by atoms with van der Waals surface area (Å²) in [6.45, 7) is 4.61. The SMILES string of the molecule is COc1ccc(CNn2c(C)ccc2C)cc1F. The summed E-state index contributed by atoms with van der Waals surface area (Å²) in [5.41, 5.74) is 6.38. The van der Waals surface area contributed by atoms with Crippen molar-refractivity contribution in [2.75, 3.05) is 12.5 Å². The molecule has 1 N–H and O–H groups in total. The fourth-order valence-corrected chi connectivity index (χ4v) is 1.91. The van der Waals surface area contributed by atoms with E-state index in [1.54, 1.807) is 6.07 Å². The second-order valence-electron chi connectivity index (χ2n) is 4.26. The zero-order valence-corrected chi connectivity index (χ0v) is 10.8. The minimum absolute atomic E-state index is 0.270. The number of benzene rings is 1. The molecule has 0 bridgehead atoms. The normalized spacial score (nSPS) is 10.4. The molecule has 2 aromatic rings. The van der Waals surface area contributed by atoms with Crippen LogP contribution >= 0.6 is 0 Å². The van der Waals surface area contributed by atoms with Gasteiger partial charge in [0.25, 0.3) is 0 Å². The highest BCUT2D eigenvalue weighted by molar-refractivity contribution is 5.30. The van der Waals surface area contributed by atoms with Crippen LogP contribution in [0.2, 0.25) is 0 Å². The van der Waals surface area contributed by atoms with E-state index in [-0.39, 0.29) is 11.6 Å². The van der Waals surface area contributed by atoms with E-state index in [1.165, 1.54) is 13.2 Å². The number of aromatic nitrogens is 1. The van der Waals surface area contributed by atoms with Gasteiger partial charge in [-0.15, -0.1) is 0 Å². The van der Waals surface area contributed by atoms with E-state index in [1.807, 2.05) is 36.7 Å². The van der Waals surface area contributed by atoms with Gasteiger partial charge in [0.15, 0.2) is 11.6 Å². The Morgan fingerprint density at radius 3 is 2.39 bits per heavy atom. The number of nitrogens with one attached hydrogen (secondary N) is 1. The van der Waals surface area contributed by atoms with Crippen LogP contribution in [0.5, 0.6) is 5.75 Å². The number of rotatable bonds is 4. The quantitative estimate of drug-likeness (QED) is 0.900. The second kappa shape index (κ2) is 5.12. The highest BCUT2D eigenvalue weighted by Gasteiger charge is 2.04. The molecule has 1 aromatic heterocycles. The highest BCUT2D eigenvalue weighted by atomic mass is 19.1. The third-order valence-electron chi connectivity index (χ3n) is 2.93. The predicted octanol–water partition coefficient (Wildman–Crippen LogP) is 3.00. The largest absolute Gasteiger partial charge is 0.494 e. The number of methoxy groups -OCH3 is 1. The first-order chi connectivity index (χ1) is 8.61. The van der Waals surface area contributed by atoms with Crippen LogP contribution < -0.4 is 10.2 Å². The van der Waals surface area contributed by atoms with Gasteiger partial charge >= 0.3 is 0 Å². The summed E-state index contributed by atoms with van der Waals surface area (Å²) in [7, 11) is 1.46. The molecule has 0 saturated carbocycles. The molecule has 0 aliphatic rings. The van der Waals surface area contributed by atoms with Gasteiger partial charge in [-0.2, -0.15) is 0 Å². The van der Waals surface area contributed by atoms with Crippen LogP contribution in [0.4, 0.5) is 4.39 Å². The molecule has 0 fully saturated rings. The van der Waals surface area contributed by atoms with Crippen molar-refractivity contribution in [3.63, 3.8) is 0 Å². The van der Waals surface area contributed by atoms with Crippen molar-refractivity contribution in [2.45, 2.75) is 20.4 Å².